The highest BCUT2D eigenvalue weighted by atomic mass is 32.2. The fraction of sp³-hybridized carbons (Fsp3) is 0.360. The van der Waals surface area contributed by atoms with Gasteiger partial charge in [0.2, 0.25) is 5.91 Å². The average molecular weight is 451 g/mol. The van der Waals surface area contributed by atoms with E-state index in [1.165, 1.54) is 0 Å². The Labute approximate surface area is 188 Å². The molecule has 0 radical (unpaired) electrons. The zero-order chi connectivity index (χ0) is 22.1. The van der Waals surface area contributed by atoms with Gasteiger partial charge in [0, 0.05) is 43.1 Å². The predicted molar refractivity (Wildman–Crippen MR) is 124 cm³/mol. The fourth-order valence-electron chi connectivity index (χ4n) is 4.61. The number of ether oxygens (including phenoxy) is 1. The summed E-state index contributed by atoms with van der Waals surface area (Å²) in [5.74, 6) is 0.703. The van der Waals surface area contributed by atoms with Gasteiger partial charge >= 0.3 is 0 Å². The third-order valence-electron chi connectivity index (χ3n) is 6.44. The van der Waals surface area contributed by atoms with Crippen molar-refractivity contribution >= 4 is 26.6 Å². The molecular weight excluding hydrogens is 424 g/mol. The van der Waals surface area contributed by atoms with E-state index < -0.39 is 15.1 Å². The number of nitrogens with zero attached hydrogens (tertiary/aromatic N) is 2. The van der Waals surface area contributed by atoms with Gasteiger partial charge in [0.25, 0.3) is 0 Å². The number of para-hydroxylation sites is 1. The number of carbonyl (C=O) groups is 1. The topological polar surface area (TPSA) is 76.6 Å². The Bertz CT molecular complexity index is 1230. The molecule has 0 bridgehead atoms. The minimum absolute atomic E-state index is 0.0208. The number of fused-ring (bicyclic) bond motifs is 1. The number of piperidine rings is 1. The number of hydrogen-bond donors (Lipinski definition) is 0. The fourth-order valence-corrected chi connectivity index (χ4v) is 6.45. The summed E-state index contributed by atoms with van der Waals surface area (Å²) >= 11 is 0. The monoisotopic (exact) mass is 450 g/mol. The first-order valence-electron chi connectivity index (χ1n) is 11.1. The molecule has 32 heavy (non-hydrogen) atoms. The molecular formula is C25H26N2O4S. The van der Waals surface area contributed by atoms with Crippen molar-refractivity contribution in [1.82, 2.24) is 9.88 Å². The molecule has 1 amide bonds. The second kappa shape index (κ2) is 8.54. The van der Waals surface area contributed by atoms with E-state index in [9.17, 15) is 13.2 Å². The van der Waals surface area contributed by atoms with Gasteiger partial charge < -0.3 is 9.64 Å². The van der Waals surface area contributed by atoms with Crippen molar-refractivity contribution in [2.45, 2.75) is 37.0 Å². The van der Waals surface area contributed by atoms with Crippen molar-refractivity contribution in [3.05, 3.63) is 60.8 Å². The van der Waals surface area contributed by atoms with E-state index in [1.54, 1.807) is 4.90 Å². The maximum absolute atomic E-state index is 12.6. The van der Waals surface area contributed by atoms with E-state index >= 15 is 0 Å². The highest BCUT2D eigenvalue weighted by Gasteiger charge is 2.40. The smallest absolute Gasteiger partial charge is 0.240 e. The first kappa shape index (κ1) is 20.9. The molecule has 1 atom stereocenters. The third-order valence-corrected chi connectivity index (χ3v) is 8.60. The molecule has 1 unspecified atom stereocenters. The molecule has 0 aliphatic carbocycles. The van der Waals surface area contributed by atoms with Crippen LogP contribution in [0.1, 0.15) is 25.7 Å². The Balaban J connectivity index is 1.19. The summed E-state index contributed by atoms with van der Waals surface area (Å²) in [6, 6.07) is 18.2. The molecule has 0 saturated carbocycles. The minimum atomic E-state index is -3.26. The summed E-state index contributed by atoms with van der Waals surface area (Å²) < 4.78 is 30.3. The quantitative estimate of drug-likeness (QED) is 0.604. The van der Waals surface area contributed by atoms with Gasteiger partial charge in [-0.2, -0.15) is 0 Å². The Kier molecular flexibility index (Phi) is 5.59. The second-order valence-electron chi connectivity index (χ2n) is 8.58. The lowest BCUT2D eigenvalue weighted by Crippen LogP contribution is -2.47. The molecule has 2 aliphatic heterocycles. The standard InChI is InChI=1S/C25H26N2O4S/c28-25(24-6-3-15-32(24,29)30)27-13-11-22(12-14-27)31-21-9-7-18(8-10-21)20-16-19-4-1-2-5-23(19)26-17-20/h1-2,4-5,7-10,16-17,22,24H,3,6,11-15H2. The molecule has 0 N–H and O–H groups in total. The zero-order valence-corrected chi connectivity index (χ0v) is 18.6. The normalized spacial score (nSPS) is 21.0. The van der Waals surface area contributed by atoms with Gasteiger partial charge in [-0.1, -0.05) is 30.3 Å². The van der Waals surface area contributed by atoms with Gasteiger partial charge in [0.1, 0.15) is 17.1 Å². The number of pyridine rings is 1. The van der Waals surface area contributed by atoms with Crippen LogP contribution in [0.5, 0.6) is 5.75 Å². The highest BCUT2D eigenvalue weighted by Crippen LogP contribution is 2.27. The first-order chi connectivity index (χ1) is 15.5. The number of amides is 1. The number of sulfone groups is 1. The molecule has 2 aromatic carbocycles. The van der Waals surface area contributed by atoms with Crippen molar-refractivity contribution in [3.63, 3.8) is 0 Å². The maximum Gasteiger partial charge on any atom is 0.240 e. The number of hydrogen-bond acceptors (Lipinski definition) is 5. The number of benzene rings is 2. The lowest BCUT2D eigenvalue weighted by molar-refractivity contribution is -0.132. The van der Waals surface area contributed by atoms with E-state index in [2.05, 4.69) is 17.1 Å². The van der Waals surface area contributed by atoms with Crippen molar-refractivity contribution in [1.29, 1.82) is 0 Å². The Morgan fingerprint density at radius 1 is 0.969 bits per heavy atom. The second-order valence-corrected chi connectivity index (χ2v) is 10.9. The van der Waals surface area contributed by atoms with Crippen molar-refractivity contribution in [2.24, 2.45) is 0 Å². The van der Waals surface area contributed by atoms with Gasteiger partial charge in [-0.3, -0.25) is 9.78 Å². The Hall–Kier alpha value is -2.93. The summed E-state index contributed by atoms with van der Waals surface area (Å²) in [6.45, 7) is 1.08. The van der Waals surface area contributed by atoms with E-state index in [0.717, 1.165) is 27.8 Å². The summed E-state index contributed by atoms with van der Waals surface area (Å²) in [5.41, 5.74) is 3.12. The molecule has 7 heteroatoms. The van der Waals surface area contributed by atoms with Crippen LogP contribution in [-0.4, -0.2) is 54.4 Å². The van der Waals surface area contributed by atoms with Crippen molar-refractivity contribution < 1.29 is 17.9 Å². The molecule has 6 nitrogen and oxygen atoms in total. The summed E-state index contributed by atoms with van der Waals surface area (Å²) in [4.78, 5) is 18.9. The number of aromatic nitrogens is 1. The van der Waals surface area contributed by atoms with E-state index in [4.69, 9.17) is 4.74 Å². The van der Waals surface area contributed by atoms with E-state index in [0.29, 0.717) is 38.8 Å². The van der Waals surface area contributed by atoms with E-state index in [-0.39, 0.29) is 17.8 Å². The molecule has 3 aromatic rings. The third kappa shape index (κ3) is 4.21. The van der Waals surface area contributed by atoms with Crippen LogP contribution in [0.3, 0.4) is 0 Å². The first-order valence-corrected chi connectivity index (χ1v) is 12.8. The molecule has 2 aliphatic rings. The maximum atomic E-state index is 12.6. The Morgan fingerprint density at radius 2 is 1.72 bits per heavy atom. The molecule has 2 saturated heterocycles. The van der Waals surface area contributed by atoms with Crippen LogP contribution < -0.4 is 4.74 Å². The van der Waals surface area contributed by atoms with Gasteiger partial charge in [0.15, 0.2) is 9.84 Å². The lowest BCUT2D eigenvalue weighted by Gasteiger charge is -2.33. The summed E-state index contributed by atoms with van der Waals surface area (Å²) in [6.07, 6.45) is 4.35. The van der Waals surface area contributed by atoms with Crippen molar-refractivity contribution in [2.75, 3.05) is 18.8 Å². The predicted octanol–water partition coefficient (Wildman–Crippen LogP) is 3.85. The van der Waals surface area contributed by atoms with Gasteiger partial charge in [0.05, 0.1) is 11.3 Å². The van der Waals surface area contributed by atoms with Gasteiger partial charge in [-0.25, -0.2) is 8.42 Å². The van der Waals surface area contributed by atoms with Crippen LogP contribution in [0, 0.1) is 0 Å². The number of likely N-dealkylation sites (tertiary alicyclic amines) is 1. The van der Waals surface area contributed by atoms with Crippen LogP contribution in [0.25, 0.3) is 22.0 Å². The molecule has 3 heterocycles. The molecule has 0 spiro atoms. The molecule has 2 fully saturated rings. The lowest BCUT2D eigenvalue weighted by atomic mass is 10.0. The largest absolute Gasteiger partial charge is 0.490 e. The SMILES string of the molecule is O=C(C1CCCS1(=O)=O)N1CCC(Oc2ccc(-c3cnc4ccccc4c3)cc2)CC1. The molecule has 1 aromatic heterocycles. The van der Waals surface area contributed by atoms with Crippen LogP contribution in [0.4, 0.5) is 0 Å². The van der Waals surface area contributed by atoms with Gasteiger partial charge in [-0.05, 0) is 42.7 Å². The van der Waals surface area contributed by atoms with E-state index in [1.807, 2.05) is 48.7 Å². The number of rotatable bonds is 4. The van der Waals surface area contributed by atoms with Gasteiger partial charge in [-0.15, -0.1) is 0 Å². The molecule has 5 rings (SSSR count). The van der Waals surface area contributed by atoms with Crippen LogP contribution in [0.15, 0.2) is 60.8 Å². The number of carbonyl (C=O) groups excluding carboxylic acids is 1. The van der Waals surface area contributed by atoms with Crippen LogP contribution in [0.2, 0.25) is 0 Å². The highest BCUT2D eigenvalue weighted by molar-refractivity contribution is 7.93. The minimum Gasteiger partial charge on any atom is -0.490 e. The summed E-state index contributed by atoms with van der Waals surface area (Å²) in [5, 5.41) is 0.272. The molecule has 166 valence electrons. The summed E-state index contributed by atoms with van der Waals surface area (Å²) in [7, 11) is -3.26. The zero-order valence-electron chi connectivity index (χ0n) is 17.8. The van der Waals surface area contributed by atoms with Crippen molar-refractivity contribution in [3.8, 4) is 16.9 Å². The van der Waals surface area contributed by atoms with Crippen LogP contribution in [-0.2, 0) is 14.6 Å². The average Bonchev–Trinajstić information content (AvgIpc) is 3.18. The van der Waals surface area contributed by atoms with Crippen LogP contribution >= 0.6 is 0 Å². The Morgan fingerprint density at radius 3 is 2.44 bits per heavy atom.